The topological polar surface area (TPSA) is 3.01 Å². The summed E-state index contributed by atoms with van der Waals surface area (Å²) in [5.41, 5.74) is 0.308. The molecule has 0 aromatic rings. The van der Waals surface area contributed by atoms with Crippen molar-refractivity contribution >= 4 is 6.21 Å². The van der Waals surface area contributed by atoms with E-state index in [1.165, 1.54) is 13.0 Å². The van der Waals surface area contributed by atoms with Crippen LogP contribution in [0.2, 0.25) is 0 Å². The van der Waals surface area contributed by atoms with Crippen molar-refractivity contribution < 1.29 is 4.58 Å². The summed E-state index contributed by atoms with van der Waals surface area (Å²) < 4.78 is 2.49. The average Bonchev–Trinajstić information content (AvgIpc) is 1.82. The van der Waals surface area contributed by atoms with Crippen molar-refractivity contribution in [2.75, 3.05) is 6.54 Å². The largest absolute Gasteiger partial charge is 0.235 e. The summed E-state index contributed by atoms with van der Waals surface area (Å²) in [6.07, 6.45) is 3.76. The summed E-state index contributed by atoms with van der Waals surface area (Å²) in [6, 6.07) is 0. The molecular weight excluding hydrogens is 146 g/mol. The van der Waals surface area contributed by atoms with Crippen LogP contribution in [0.1, 0.15) is 41.0 Å². The van der Waals surface area contributed by atoms with E-state index in [-0.39, 0.29) is 0 Å². The molecule has 1 heteroatoms. The third kappa shape index (κ3) is 2.33. The van der Waals surface area contributed by atoms with Crippen molar-refractivity contribution in [1.29, 1.82) is 0 Å². The van der Waals surface area contributed by atoms with Crippen LogP contribution in [0.3, 0.4) is 0 Å². The maximum atomic E-state index is 2.49. The highest BCUT2D eigenvalue weighted by molar-refractivity contribution is 5.55. The predicted octanol–water partition coefficient (Wildman–Crippen LogP) is 2.54. The normalized spacial score (nSPS) is 31.6. The first-order chi connectivity index (χ1) is 5.39. The van der Waals surface area contributed by atoms with Gasteiger partial charge in [-0.3, -0.25) is 0 Å². The Kier molecular flexibility index (Phi) is 2.60. The molecule has 0 aromatic carbocycles. The maximum Gasteiger partial charge on any atom is 0.153 e. The van der Waals surface area contributed by atoms with Crippen molar-refractivity contribution in [2.45, 2.75) is 46.6 Å². The van der Waals surface area contributed by atoms with Crippen molar-refractivity contribution in [3.05, 3.63) is 0 Å². The van der Waals surface area contributed by atoms with Crippen LogP contribution in [-0.2, 0) is 0 Å². The molecule has 0 spiro atoms. The van der Waals surface area contributed by atoms with Gasteiger partial charge in [0.05, 0.1) is 0 Å². The predicted molar refractivity (Wildman–Crippen MR) is 53.9 cm³/mol. The van der Waals surface area contributed by atoms with E-state index in [1.54, 1.807) is 0 Å². The lowest BCUT2D eigenvalue weighted by atomic mass is 9.92. The van der Waals surface area contributed by atoms with Crippen molar-refractivity contribution in [2.24, 2.45) is 11.8 Å². The van der Waals surface area contributed by atoms with Gasteiger partial charge in [0, 0.05) is 11.8 Å². The lowest BCUT2D eigenvalue weighted by Gasteiger charge is -2.26. The summed E-state index contributed by atoms with van der Waals surface area (Å²) in [7, 11) is 0. The van der Waals surface area contributed by atoms with Crippen molar-refractivity contribution in [1.82, 2.24) is 0 Å². The summed E-state index contributed by atoms with van der Waals surface area (Å²) in [6.45, 7) is 12.8. The molecule has 0 aliphatic carbocycles. The molecule has 70 valence electrons. The minimum atomic E-state index is 0.308. The van der Waals surface area contributed by atoms with Gasteiger partial charge in [0.2, 0.25) is 0 Å². The second-order valence-electron chi connectivity index (χ2n) is 5.29. The van der Waals surface area contributed by atoms with Gasteiger partial charge in [-0.1, -0.05) is 13.8 Å². The second-order valence-corrected chi connectivity index (χ2v) is 5.29. The van der Waals surface area contributed by atoms with E-state index in [0.717, 1.165) is 11.8 Å². The van der Waals surface area contributed by atoms with Crippen LogP contribution in [0.5, 0.6) is 0 Å². The Morgan fingerprint density at radius 3 is 2.25 bits per heavy atom. The highest BCUT2D eigenvalue weighted by atomic mass is 15.1. The van der Waals surface area contributed by atoms with E-state index in [2.05, 4.69) is 45.4 Å². The highest BCUT2D eigenvalue weighted by Crippen LogP contribution is 2.19. The molecule has 0 unspecified atom stereocenters. The van der Waals surface area contributed by atoms with Gasteiger partial charge in [-0.25, -0.2) is 4.58 Å². The third-order valence-corrected chi connectivity index (χ3v) is 2.58. The molecule has 1 aliphatic rings. The van der Waals surface area contributed by atoms with Crippen LogP contribution < -0.4 is 0 Å². The summed E-state index contributed by atoms with van der Waals surface area (Å²) >= 11 is 0. The molecule has 1 heterocycles. The summed E-state index contributed by atoms with van der Waals surface area (Å²) in [4.78, 5) is 0. The minimum absolute atomic E-state index is 0.308. The molecule has 0 N–H and O–H groups in total. The van der Waals surface area contributed by atoms with Crippen LogP contribution in [0.4, 0.5) is 0 Å². The Hall–Kier alpha value is -0.330. The van der Waals surface area contributed by atoms with Gasteiger partial charge in [0.25, 0.3) is 0 Å². The van der Waals surface area contributed by atoms with Crippen LogP contribution in [0.25, 0.3) is 0 Å². The molecule has 0 bridgehead atoms. The minimum Gasteiger partial charge on any atom is -0.235 e. The molecule has 0 radical (unpaired) electrons. The molecule has 0 saturated carbocycles. The van der Waals surface area contributed by atoms with E-state index >= 15 is 0 Å². The van der Waals surface area contributed by atoms with Crippen molar-refractivity contribution in [3.63, 3.8) is 0 Å². The number of nitrogens with zero attached hydrogens (tertiary/aromatic N) is 1. The monoisotopic (exact) mass is 168 g/mol. The van der Waals surface area contributed by atoms with Crippen LogP contribution in [0.15, 0.2) is 0 Å². The highest BCUT2D eigenvalue weighted by Gasteiger charge is 2.30. The molecule has 2 atom stereocenters. The number of hydrogen-bond acceptors (Lipinski definition) is 0. The molecule has 1 aliphatic heterocycles. The standard InChI is InChI=1S/C11H22N/c1-9-6-10(2)8-12(7-9)11(3,4)5/h7,9-10H,6,8H2,1-5H3/q+1/t9-,10+/m1/s1. The fraction of sp³-hybridized carbons (Fsp3) is 0.909. The Labute approximate surface area is 76.5 Å². The SMILES string of the molecule is C[C@H]1C[C@@H](C)C=[N+](C(C)(C)C)C1. The quantitative estimate of drug-likeness (QED) is 0.489. The van der Waals surface area contributed by atoms with Gasteiger partial charge in [0.15, 0.2) is 5.54 Å². The molecule has 12 heavy (non-hydrogen) atoms. The molecule has 0 fully saturated rings. The first-order valence-corrected chi connectivity index (χ1v) is 5.01. The fourth-order valence-electron chi connectivity index (χ4n) is 1.97. The zero-order valence-electron chi connectivity index (χ0n) is 9.09. The van der Waals surface area contributed by atoms with E-state index < -0.39 is 0 Å². The van der Waals surface area contributed by atoms with Gasteiger partial charge >= 0.3 is 0 Å². The van der Waals surface area contributed by atoms with Crippen LogP contribution >= 0.6 is 0 Å². The molecule has 0 amide bonds. The Bertz CT molecular complexity index is 186. The lowest BCUT2D eigenvalue weighted by Crippen LogP contribution is -2.41. The van der Waals surface area contributed by atoms with Gasteiger partial charge in [-0.05, 0) is 27.2 Å². The second kappa shape index (κ2) is 3.20. The number of rotatable bonds is 0. The van der Waals surface area contributed by atoms with Crippen LogP contribution in [-0.4, -0.2) is 22.9 Å². The van der Waals surface area contributed by atoms with Crippen LogP contribution in [0, 0.1) is 11.8 Å². The summed E-state index contributed by atoms with van der Waals surface area (Å²) in [5, 5.41) is 0. The van der Waals surface area contributed by atoms with Gasteiger partial charge < -0.3 is 0 Å². The smallest absolute Gasteiger partial charge is 0.153 e. The fourth-order valence-corrected chi connectivity index (χ4v) is 1.97. The van der Waals surface area contributed by atoms with Gasteiger partial charge in [-0.15, -0.1) is 0 Å². The van der Waals surface area contributed by atoms with Gasteiger partial charge in [0.1, 0.15) is 12.8 Å². The first kappa shape index (κ1) is 9.76. The molecule has 0 saturated heterocycles. The van der Waals surface area contributed by atoms with E-state index in [0.29, 0.717) is 5.54 Å². The van der Waals surface area contributed by atoms with Crippen molar-refractivity contribution in [3.8, 4) is 0 Å². The first-order valence-electron chi connectivity index (χ1n) is 5.01. The zero-order valence-corrected chi connectivity index (χ0v) is 9.09. The van der Waals surface area contributed by atoms with Gasteiger partial charge in [-0.2, -0.15) is 0 Å². The number of hydrogen-bond donors (Lipinski definition) is 0. The summed E-state index contributed by atoms with van der Waals surface area (Å²) in [5.74, 6) is 1.61. The molecule has 1 rings (SSSR count). The average molecular weight is 168 g/mol. The van der Waals surface area contributed by atoms with E-state index in [1.807, 2.05) is 0 Å². The third-order valence-electron chi connectivity index (χ3n) is 2.58. The maximum absolute atomic E-state index is 2.49. The Morgan fingerprint density at radius 2 is 1.83 bits per heavy atom. The molecule has 0 aromatic heterocycles. The zero-order chi connectivity index (χ0) is 9.35. The van der Waals surface area contributed by atoms with E-state index in [4.69, 9.17) is 0 Å². The Balaban J connectivity index is 2.77. The molecule has 1 nitrogen and oxygen atoms in total. The lowest BCUT2D eigenvalue weighted by molar-refractivity contribution is -0.604. The van der Waals surface area contributed by atoms with E-state index in [9.17, 15) is 0 Å². The Morgan fingerprint density at radius 1 is 1.25 bits per heavy atom. The molecular formula is C11H22N+.